The summed E-state index contributed by atoms with van der Waals surface area (Å²) in [6.45, 7) is 2.52. The summed E-state index contributed by atoms with van der Waals surface area (Å²) >= 11 is 0. The Balaban J connectivity index is 1.34. The summed E-state index contributed by atoms with van der Waals surface area (Å²) in [4.78, 5) is 13.1. The normalized spacial score (nSPS) is 25.9. The molecule has 0 unspecified atom stereocenters. The molecule has 2 aromatic carbocycles. The van der Waals surface area contributed by atoms with E-state index in [-0.39, 0.29) is 16.8 Å². The van der Waals surface area contributed by atoms with Gasteiger partial charge >= 0.3 is 0 Å². The van der Waals surface area contributed by atoms with Crippen molar-refractivity contribution < 1.29 is 13.2 Å². The molecule has 30 heavy (non-hydrogen) atoms. The van der Waals surface area contributed by atoms with E-state index in [9.17, 15) is 13.2 Å². The molecule has 0 saturated heterocycles. The molecule has 1 aliphatic heterocycles. The lowest BCUT2D eigenvalue weighted by molar-refractivity contribution is 0.0915. The van der Waals surface area contributed by atoms with Gasteiger partial charge in [-0.1, -0.05) is 30.7 Å². The predicted octanol–water partition coefficient (Wildman–Crippen LogP) is 3.99. The zero-order chi connectivity index (χ0) is 20.9. The second kappa shape index (κ2) is 7.41. The van der Waals surface area contributed by atoms with Gasteiger partial charge in [0.25, 0.3) is 15.9 Å². The van der Waals surface area contributed by atoms with Crippen LogP contribution in [0.1, 0.15) is 48.5 Å². The van der Waals surface area contributed by atoms with Crippen LogP contribution in [0.3, 0.4) is 0 Å². The Morgan fingerprint density at radius 1 is 1.10 bits per heavy atom. The van der Waals surface area contributed by atoms with E-state index in [1.54, 1.807) is 18.2 Å². The predicted molar refractivity (Wildman–Crippen MR) is 117 cm³/mol. The van der Waals surface area contributed by atoms with Gasteiger partial charge < -0.3 is 5.32 Å². The zero-order valence-corrected chi connectivity index (χ0v) is 18.1. The third-order valence-electron chi connectivity index (χ3n) is 7.32. The molecule has 158 valence electrons. The lowest BCUT2D eigenvalue weighted by Crippen LogP contribution is -2.40. The number of nitrogens with one attached hydrogen (secondary N) is 1. The topological polar surface area (TPSA) is 66.5 Å². The van der Waals surface area contributed by atoms with E-state index in [0.29, 0.717) is 24.4 Å². The fraction of sp³-hybridized carbons (Fsp3) is 0.458. The van der Waals surface area contributed by atoms with Gasteiger partial charge in [0.2, 0.25) is 0 Å². The van der Waals surface area contributed by atoms with E-state index in [0.717, 1.165) is 23.1 Å². The Labute approximate surface area is 178 Å². The molecule has 1 heterocycles. The smallest absolute Gasteiger partial charge is 0.264 e. The number of anilines is 1. The van der Waals surface area contributed by atoms with Crippen LogP contribution < -0.4 is 9.62 Å². The maximum absolute atomic E-state index is 13.3. The highest BCUT2D eigenvalue weighted by atomic mass is 32.2. The first-order chi connectivity index (χ1) is 14.4. The van der Waals surface area contributed by atoms with Crippen molar-refractivity contribution in [3.8, 4) is 0 Å². The molecule has 2 fully saturated rings. The van der Waals surface area contributed by atoms with Crippen molar-refractivity contribution in [3.63, 3.8) is 0 Å². The fourth-order valence-corrected chi connectivity index (χ4v) is 7.34. The summed E-state index contributed by atoms with van der Waals surface area (Å²) in [6.07, 6.45) is 5.82. The number of carbonyl (C=O) groups is 1. The van der Waals surface area contributed by atoms with E-state index in [1.807, 2.05) is 24.3 Å². The number of fused-ring (bicyclic) bond motifs is 3. The maximum atomic E-state index is 13.3. The molecule has 2 aliphatic carbocycles. The number of amides is 1. The van der Waals surface area contributed by atoms with Gasteiger partial charge in [-0.3, -0.25) is 9.10 Å². The van der Waals surface area contributed by atoms with Gasteiger partial charge in [0.05, 0.1) is 10.6 Å². The minimum atomic E-state index is -3.71. The molecule has 4 atom stereocenters. The van der Waals surface area contributed by atoms with Crippen molar-refractivity contribution in [1.82, 2.24) is 5.32 Å². The molecule has 6 heteroatoms. The minimum absolute atomic E-state index is 0.110. The number of hydrogen-bond donors (Lipinski definition) is 1. The molecule has 0 spiro atoms. The lowest BCUT2D eigenvalue weighted by Gasteiger charge is -2.28. The first-order valence-corrected chi connectivity index (χ1v) is 12.4. The second-order valence-electron chi connectivity index (χ2n) is 9.08. The number of para-hydroxylation sites is 1. The van der Waals surface area contributed by atoms with E-state index in [2.05, 4.69) is 12.2 Å². The van der Waals surface area contributed by atoms with Crippen molar-refractivity contribution in [3.05, 3.63) is 59.7 Å². The number of rotatable bonds is 5. The maximum Gasteiger partial charge on any atom is 0.264 e. The Morgan fingerprint density at radius 2 is 1.93 bits per heavy atom. The van der Waals surface area contributed by atoms with E-state index >= 15 is 0 Å². The third kappa shape index (κ3) is 3.31. The number of carbonyl (C=O) groups excluding carboxylic acids is 1. The first kappa shape index (κ1) is 19.6. The Kier molecular flexibility index (Phi) is 4.85. The molecule has 5 rings (SSSR count). The molecule has 5 nitrogen and oxygen atoms in total. The molecule has 2 saturated carbocycles. The fourth-order valence-electron chi connectivity index (χ4n) is 5.79. The Morgan fingerprint density at radius 3 is 2.70 bits per heavy atom. The van der Waals surface area contributed by atoms with Crippen LogP contribution in [-0.2, 0) is 16.4 Å². The molecule has 0 aromatic heterocycles. The van der Waals surface area contributed by atoms with Crippen molar-refractivity contribution >= 4 is 21.6 Å². The summed E-state index contributed by atoms with van der Waals surface area (Å²) in [7, 11) is -3.71. The van der Waals surface area contributed by atoms with Crippen LogP contribution in [0.25, 0.3) is 0 Å². The molecular formula is C24H28N2O3S. The molecule has 3 aliphatic rings. The largest absolute Gasteiger partial charge is 0.349 e. The van der Waals surface area contributed by atoms with Crippen LogP contribution in [0.15, 0.2) is 53.4 Å². The highest BCUT2D eigenvalue weighted by Crippen LogP contribution is 2.49. The van der Waals surface area contributed by atoms with Crippen molar-refractivity contribution in [2.24, 2.45) is 17.8 Å². The van der Waals surface area contributed by atoms with E-state index in [1.165, 1.54) is 36.1 Å². The summed E-state index contributed by atoms with van der Waals surface area (Å²) in [5.74, 6) is 1.91. The number of hydrogen-bond acceptors (Lipinski definition) is 3. The summed E-state index contributed by atoms with van der Waals surface area (Å²) in [6, 6.07) is 14.1. The van der Waals surface area contributed by atoms with Crippen LogP contribution in [0, 0.1) is 17.8 Å². The van der Waals surface area contributed by atoms with E-state index in [4.69, 9.17) is 0 Å². The molecule has 2 aromatic rings. The number of sulfonamides is 1. The quantitative estimate of drug-likeness (QED) is 0.789. The summed E-state index contributed by atoms with van der Waals surface area (Å²) < 4.78 is 28.0. The Hall–Kier alpha value is -2.34. The van der Waals surface area contributed by atoms with Gasteiger partial charge in [0.15, 0.2) is 0 Å². The molecule has 2 bridgehead atoms. The van der Waals surface area contributed by atoms with Crippen LogP contribution >= 0.6 is 0 Å². The summed E-state index contributed by atoms with van der Waals surface area (Å²) in [5, 5.41) is 3.14. The first-order valence-electron chi connectivity index (χ1n) is 10.9. The minimum Gasteiger partial charge on any atom is -0.349 e. The highest BCUT2D eigenvalue weighted by molar-refractivity contribution is 7.92. The third-order valence-corrected chi connectivity index (χ3v) is 9.13. The number of nitrogens with zero attached hydrogens (tertiary/aromatic N) is 1. The van der Waals surface area contributed by atoms with Gasteiger partial charge in [-0.05, 0) is 80.2 Å². The van der Waals surface area contributed by atoms with Gasteiger partial charge in [-0.2, -0.15) is 0 Å². The average molecular weight is 425 g/mol. The van der Waals surface area contributed by atoms with Gasteiger partial charge in [-0.25, -0.2) is 8.42 Å². The molecular weight excluding hydrogens is 396 g/mol. The Bertz CT molecular complexity index is 1080. The van der Waals surface area contributed by atoms with Crippen molar-refractivity contribution in [2.75, 3.05) is 10.8 Å². The zero-order valence-electron chi connectivity index (χ0n) is 17.3. The molecule has 1 amide bonds. The van der Waals surface area contributed by atoms with Gasteiger partial charge in [0, 0.05) is 18.2 Å². The van der Waals surface area contributed by atoms with Gasteiger partial charge in [0.1, 0.15) is 0 Å². The summed E-state index contributed by atoms with van der Waals surface area (Å²) in [5.41, 5.74) is 2.17. The van der Waals surface area contributed by atoms with Crippen LogP contribution in [0.5, 0.6) is 0 Å². The lowest BCUT2D eigenvalue weighted by atomic mass is 9.84. The van der Waals surface area contributed by atoms with Gasteiger partial charge in [-0.15, -0.1) is 0 Å². The van der Waals surface area contributed by atoms with Crippen LogP contribution in [0.4, 0.5) is 5.69 Å². The monoisotopic (exact) mass is 424 g/mol. The van der Waals surface area contributed by atoms with E-state index < -0.39 is 10.0 Å². The number of benzene rings is 2. The van der Waals surface area contributed by atoms with Crippen molar-refractivity contribution in [2.45, 2.75) is 50.0 Å². The standard InChI is InChI=1S/C24H28N2O3S/c1-16(22-14-17-9-10-19(22)13-17)25-24(27)20-6-4-7-21(15-20)30(28,29)26-12-11-18-5-2-3-8-23(18)26/h2-8,15-17,19,22H,9-14H2,1H3,(H,25,27)/t16-,17-,19-,22+/m0/s1. The van der Waals surface area contributed by atoms with Crippen LogP contribution in [-0.4, -0.2) is 26.9 Å². The van der Waals surface area contributed by atoms with Crippen LogP contribution in [0.2, 0.25) is 0 Å². The highest BCUT2D eigenvalue weighted by Gasteiger charge is 2.42. The average Bonchev–Trinajstić information content (AvgIpc) is 3.49. The molecule has 1 N–H and O–H groups in total. The van der Waals surface area contributed by atoms with Crippen molar-refractivity contribution in [1.29, 1.82) is 0 Å². The SMILES string of the molecule is C[C@H](NC(=O)c1cccc(S(=O)(=O)N2CCc3ccccc32)c1)[C@H]1C[C@H]2CC[C@H]1C2. The molecule has 0 radical (unpaired) electrons. The second-order valence-corrected chi connectivity index (χ2v) is 10.9.